The third-order valence-corrected chi connectivity index (χ3v) is 6.21. The topological polar surface area (TPSA) is 95.7 Å². The number of carboxylic acid groups (broad SMARTS) is 1. The molecule has 8 nitrogen and oxygen atoms in total. The summed E-state index contributed by atoms with van der Waals surface area (Å²) in [6, 6.07) is 12.2. The average molecular weight is 451 g/mol. The second kappa shape index (κ2) is 7.49. The number of aromatic nitrogens is 2. The van der Waals surface area contributed by atoms with Crippen LogP contribution in [0.5, 0.6) is 0 Å². The third-order valence-electron chi connectivity index (χ3n) is 5.97. The lowest BCUT2D eigenvalue weighted by molar-refractivity contribution is 0.0688. The Morgan fingerprint density at radius 1 is 1.03 bits per heavy atom. The Morgan fingerprint density at radius 2 is 1.84 bits per heavy atom. The number of carbonyl (C=O) groups excluding carboxylic acids is 2. The number of likely N-dealkylation sites (N-methyl/N-ethyl adjacent to an activating group) is 1. The Morgan fingerprint density at radius 3 is 2.59 bits per heavy atom. The van der Waals surface area contributed by atoms with Crippen LogP contribution in [-0.4, -0.2) is 57.7 Å². The Hall–Kier alpha value is -3.65. The standard InChI is InChI=1S/C23H19ClN4O4/c1-26-9-7-13-5-6-15(12-18(13)21(26)29)27-10-8-17-19(23(31)32)25-28(20(17)22(27)30)16-4-2-3-14(24)11-16/h2-6,11-12H,7-10H2,1H3,(H,31,32). The lowest BCUT2D eigenvalue weighted by atomic mass is 9.97. The predicted molar refractivity (Wildman–Crippen MR) is 118 cm³/mol. The summed E-state index contributed by atoms with van der Waals surface area (Å²) >= 11 is 6.11. The molecule has 3 aromatic rings. The van der Waals surface area contributed by atoms with Crippen LogP contribution in [0.1, 0.15) is 42.5 Å². The van der Waals surface area contributed by atoms with E-state index in [1.165, 1.54) is 4.68 Å². The number of carboxylic acids is 1. The van der Waals surface area contributed by atoms with Crippen molar-refractivity contribution in [3.63, 3.8) is 0 Å². The van der Waals surface area contributed by atoms with Gasteiger partial charge in [0.15, 0.2) is 5.69 Å². The molecule has 0 spiro atoms. The molecule has 0 saturated carbocycles. The predicted octanol–water partition coefficient (Wildman–Crippen LogP) is 3.05. The number of carbonyl (C=O) groups is 3. The lowest BCUT2D eigenvalue weighted by Gasteiger charge is -2.30. The molecule has 1 N–H and O–H groups in total. The van der Waals surface area contributed by atoms with Crippen molar-refractivity contribution in [3.05, 3.63) is 75.6 Å². The first-order chi connectivity index (χ1) is 15.3. The molecule has 5 rings (SSSR count). The van der Waals surface area contributed by atoms with Crippen LogP contribution in [0, 0.1) is 0 Å². The second-order valence-corrected chi connectivity index (χ2v) is 8.33. The molecule has 0 saturated heterocycles. The maximum atomic E-state index is 13.6. The van der Waals surface area contributed by atoms with Gasteiger partial charge in [0.25, 0.3) is 11.8 Å². The number of rotatable bonds is 3. The molecule has 0 unspecified atom stereocenters. The van der Waals surface area contributed by atoms with Crippen LogP contribution >= 0.6 is 11.6 Å². The molecule has 2 aliphatic heterocycles. The first-order valence-corrected chi connectivity index (χ1v) is 10.5. The van der Waals surface area contributed by atoms with Gasteiger partial charge in [0, 0.05) is 42.0 Å². The maximum Gasteiger partial charge on any atom is 0.356 e. The van der Waals surface area contributed by atoms with Gasteiger partial charge >= 0.3 is 5.97 Å². The minimum atomic E-state index is -1.19. The molecule has 9 heteroatoms. The number of nitrogens with zero attached hydrogens (tertiary/aromatic N) is 4. The van der Waals surface area contributed by atoms with E-state index in [1.807, 2.05) is 12.1 Å². The normalized spacial score (nSPS) is 15.6. The van der Waals surface area contributed by atoms with Gasteiger partial charge in [0.2, 0.25) is 0 Å². The Balaban J connectivity index is 1.61. The maximum absolute atomic E-state index is 13.6. The first kappa shape index (κ1) is 20.3. The summed E-state index contributed by atoms with van der Waals surface area (Å²) in [4.78, 5) is 41.2. The van der Waals surface area contributed by atoms with Crippen molar-refractivity contribution >= 4 is 35.1 Å². The molecule has 1 aromatic heterocycles. The fourth-order valence-corrected chi connectivity index (χ4v) is 4.50. The number of aromatic carboxylic acids is 1. The van der Waals surface area contributed by atoms with Crippen LogP contribution < -0.4 is 4.90 Å². The number of hydrogen-bond donors (Lipinski definition) is 1. The summed E-state index contributed by atoms with van der Waals surface area (Å²) in [6.45, 7) is 0.949. The van der Waals surface area contributed by atoms with Crippen LogP contribution in [0.4, 0.5) is 5.69 Å². The molecule has 2 amide bonds. The average Bonchev–Trinajstić information content (AvgIpc) is 3.17. The van der Waals surface area contributed by atoms with Gasteiger partial charge in [-0.3, -0.25) is 9.59 Å². The van der Waals surface area contributed by atoms with Gasteiger partial charge in [-0.05, 0) is 48.7 Å². The molecule has 32 heavy (non-hydrogen) atoms. The number of benzene rings is 2. The molecule has 0 radical (unpaired) electrons. The van der Waals surface area contributed by atoms with Gasteiger partial charge < -0.3 is 14.9 Å². The monoisotopic (exact) mass is 450 g/mol. The van der Waals surface area contributed by atoms with Crippen molar-refractivity contribution in [3.8, 4) is 5.69 Å². The van der Waals surface area contributed by atoms with E-state index in [-0.39, 0.29) is 29.7 Å². The molecule has 0 atom stereocenters. The SMILES string of the molecule is CN1CCc2ccc(N3CCc4c(C(=O)O)nn(-c5cccc(Cl)c5)c4C3=O)cc2C1=O. The third kappa shape index (κ3) is 3.15. The van der Waals surface area contributed by atoms with Gasteiger partial charge in [0.05, 0.1) is 5.69 Å². The van der Waals surface area contributed by atoms with Crippen molar-refractivity contribution in [2.24, 2.45) is 0 Å². The summed E-state index contributed by atoms with van der Waals surface area (Å²) in [5.41, 5.74) is 3.08. The van der Waals surface area contributed by atoms with E-state index < -0.39 is 5.97 Å². The van der Waals surface area contributed by atoms with Gasteiger partial charge in [-0.15, -0.1) is 0 Å². The van der Waals surface area contributed by atoms with Crippen LogP contribution in [0.15, 0.2) is 42.5 Å². The molecular formula is C23H19ClN4O4. The molecule has 2 aromatic carbocycles. The molecular weight excluding hydrogens is 432 g/mol. The van der Waals surface area contributed by atoms with Gasteiger partial charge in [0.1, 0.15) is 5.69 Å². The van der Waals surface area contributed by atoms with E-state index in [0.29, 0.717) is 40.5 Å². The summed E-state index contributed by atoms with van der Waals surface area (Å²) in [6.07, 6.45) is 1.09. The van der Waals surface area contributed by atoms with Crippen molar-refractivity contribution in [2.75, 3.05) is 25.0 Å². The van der Waals surface area contributed by atoms with Crippen LogP contribution in [0.3, 0.4) is 0 Å². The zero-order valence-corrected chi connectivity index (χ0v) is 18.0. The Bertz CT molecular complexity index is 1300. The summed E-state index contributed by atoms with van der Waals surface area (Å²) in [5, 5.41) is 14.3. The molecule has 0 bridgehead atoms. The van der Waals surface area contributed by atoms with E-state index >= 15 is 0 Å². The minimum Gasteiger partial charge on any atom is -0.476 e. The highest BCUT2D eigenvalue weighted by Gasteiger charge is 2.35. The van der Waals surface area contributed by atoms with Gasteiger partial charge in [-0.25, -0.2) is 9.48 Å². The summed E-state index contributed by atoms with van der Waals surface area (Å²) < 4.78 is 1.34. The fraction of sp³-hybridized carbons (Fsp3) is 0.217. The Labute approximate surface area is 188 Å². The van der Waals surface area contributed by atoms with E-state index in [4.69, 9.17) is 11.6 Å². The number of amides is 2. The van der Waals surface area contributed by atoms with E-state index in [2.05, 4.69) is 5.10 Å². The lowest BCUT2D eigenvalue weighted by Crippen LogP contribution is -2.39. The zero-order valence-electron chi connectivity index (χ0n) is 17.2. The molecule has 0 aliphatic carbocycles. The van der Waals surface area contributed by atoms with Crippen molar-refractivity contribution in [2.45, 2.75) is 12.8 Å². The van der Waals surface area contributed by atoms with Crippen LogP contribution in [0.2, 0.25) is 5.02 Å². The molecule has 162 valence electrons. The Kier molecular flexibility index (Phi) is 4.74. The molecule has 2 aliphatic rings. The number of fused-ring (bicyclic) bond motifs is 2. The zero-order chi connectivity index (χ0) is 22.6. The smallest absolute Gasteiger partial charge is 0.356 e. The first-order valence-electron chi connectivity index (χ1n) is 10.2. The van der Waals surface area contributed by atoms with Gasteiger partial charge in [-0.2, -0.15) is 5.10 Å². The largest absolute Gasteiger partial charge is 0.476 e. The highest BCUT2D eigenvalue weighted by atomic mass is 35.5. The number of hydrogen-bond acceptors (Lipinski definition) is 4. The van der Waals surface area contributed by atoms with E-state index in [9.17, 15) is 19.5 Å². The number of anilines is 1. The highest BCUT2D eigenvalue weighted by molar-refractivity contribution is 6.30. The van der Waals surface area contributed by atoms with E-state index in [0.717, 1.165) is 12.0 Å². The quantitative estimate of drug-likeness (QED) is 0.661. The molecule has 0 fully saturated rings. The second-order valence-electron chi connectivity index (χ2n) is 7.90. The van der Waals surface area contributed by atoms with Crippen LogP contribution in [-0.2, 0) is 12.8 Å². The highest BCUT2D eigenvalue weighted by Crippen LogP contribution is 2.31. The van der Waals surface area contributed by atoms with Crippen LogP contribution in [0.25, 0.3) is 5.69 Å². The van der Waals surface area contributed by atoms with Gasteiger partial charge in [-0.1, -0.05) is 23.7 Å². The van der Waals surface area contributed by atoms with Crippen molar-refractivity contribution in [1.29, 1.82) is 0 Å². The summed E-state index contributed by atoms with van der Waals surface area (Å²) in [5.74, 6) is -1.64. The van der Waals surface area contributed by atoms with Crippen molar-refractivity contribution in [1.82, 2.24) is 14.7 Å². The molecule has 3 heterocycles. The van der Waals surface area contributed by atoms with E-state index in [1.54, 1.807) is 47.2 Å². The fourth-order valence-electron chi connectivity index (χ4n) is 4.32. The summed E-state index contributed by atoms with van der Waals surface area (Å²) in [7, 11) is 1.76. The minimum absolute atomic E-state index is 0.0737. The number of halogens is 1. The van der Waals surface area contributed by atoms with Crippen molar-refractivity contribution < 1.29 is 19.5 Å².